The molecule has 0 spiro atoms. The maximum atomic E-state index is 9.72. The van der Waals surface area contributed by atoms with Gasteiger partial charge in [0.1, 0.15) is 29.7 Å². The summed E-state index contributed by atoms with van der Waals surface area (Å²) < 4.78 is 13.3. The Labute approximate surface area is 239 Å². The maximum absolute atomic E-state index is 9.72. The fraction of sp³-hybridized carbons (Fsp3) is 0.138. The lowest BCUT2D eigenvalue weighted by atomic mass is 10.1. The molecule has 0 unspecified atom stereocenters. The number of nitrogens with zero attached hydrogens (tertiary/aromatic N) is 6. The van der Waals surface area contributed by atoms with Gasteiger partial charge in [-0.15, -0.1) is 0 Å². The first-order valence-electron chi connectivity index (χ1n) is 12.3. The van der Waals surface area contributed by atoms with Crippen LogP contribution in [0.3, 0.4) is 0 Å². The first kappa shape index (κ1) is 25.6. The lowest BCUT2D eigenvalue weighted by Crippen LogP contribution is -2.01. The standard InChI is InChI=1S/C29H21Cl2N7O2/c1-39-25-11-17(4-7-24(25)40-20-5-6-21(30)22(31)13-20)27-26-28(33)35-15-36-29(26)38(37-27)19-8-9-34-23(12-19)18(14-32)10-16-2-3-16/h4-13,15-16H,2-3H2,1H3,(H2,33,35,36). The Morgan fingerprint density at radius 3 is 2.65 bits per heavy atom. The number of hydrogen-bond donors (Lipinski definition) is 1. The second-order valence-corrected chi connectivity index (χ2v) is 10.0. The molecule has 11 heteroatoms. The zero-order valence-electron chi connectivity index (χ0n) is 21.2. The predicted octanol–water partition coefficient (Wildman–Crippen LogP) is 6.88. The van der Waals surface area contributed by atoms with Gasteiger partial charge < -0.3 is 15.2 Å². The molecule has 1 aliphatic rings. The zero-order chi connectivity index (χ0) is 27.8. The minimum absolute atomic E-state index is 0.280. The molecule has 6 rings (SSSR count). The van der Waals surface area contributed by atoms with E-state index in [4.69, 9.17) is 43.5 Å². The molecule has 1 saturated carbocycles. The van der Waals surface area contributed by atoms with Crippen LogP contribution >= 0.6 is 23.2 Å². The molecule has 1 aliphatic carbocycles. The van der Waals surface area contributed by atoms with Crippen LogP contribution in [0.15, 0.2) is 67.1 Å². The Kier molecular flexibility index (Phi) is 6.72. The van der Waals surface area contributed by atoms with Crippen molar-refractivity contribution in [1.82, 2.24) is 24.7 Å². The van der Waals surface area contributed by atoms with Crippen LogP contribution in [0, 0.1) is 17.2 Å². The van der Waals surface area contributed by atoms with Crippen LogP contribution < -0.4 is 15.2 Å². The highest BCUT2D eigenvalue weighted by Crippen LogP contribution is 2.39. The molecular formula is C29H21Cl2N7O2. The summed E-state index contributed by atoms with van der Waals surface area (Å²) in [6.07, 6.45) is 7.21. The van der Waals surface area contributed by atoms with Gasteiger partial charge in [0.2, 0.25) is 0 Å². The van der Waals surface area contributed by atoms with E-state index in [0.717, 1.165) is 12.8 Å². The van der Waals surface area contributed by atoms with Gasteiger partial charge >= 0.3 is 0 Å². The molecule has 198 valence electrons. The molecule has 0 amide bonds. The number of hydrogen-bond acceptors (Lipinski definition) is 8. The van der Waals surface area contributed by atoms with E-state index < -0.39 is 0 Å². The number of nitrogens with two attached hydrogens (primary N) is 1. The molecule has 3 heterocycles. The predicted molar refractivity (Wildman–Crippen MR) is 154 cm³/mol. The molecule has 0 aliphatic heterocycles. The fourth-order valence-corrected chi connectivity index (χ4v) is 4.59. The molecule has 40 heavy (non-hydrogen) atoms. The van der Waals surface area contributed by atoms with E-state index in [2.05, 4.69) is 21.0 Å². The van der Waals surface area contributed by atoms with Gasteiger partial charge in [-0.05, 0) is 61.2 Å². The highest BCUT2D eigenvalue weighted by Gasteiger charge is 2.22. The molecule has 0 atom stereocenters. The normalized spacial score (nSPS) is 13.3. The van der Waals surface area contributed by atoms with Gasteiger partial charge in [0.15, 0.2) is 17.1 Å². The molecular weight excluding hydrogens is 549 g/mol. The number of anilines is 1. The lowest BCUT2D eigenvalue weighted by Gasteiger charge is -2.12. The Morgan fingerprint density at radius 2 is 1.90 bits per heavy atom. The summed E-state index contributed by atoms with van der Waals surface area (Å²) in [6, 6.07) is 16.3. The topological polar surface area (TPSA) is 125 Å². The number of methoxy groups -OCH3 is 1. The molecule has 0 saturated heterocycles. The van der Waals surface area contributed by atoms with Crippen LogP contribution in [0.2, 0.25) is 10.0 Å². The molecule has 5 aromatic rings. The fourth-order valence-electron chi connectivity index (χ4n) is 4.30. The summed E-state index contributed by atoms with van der Waals surface area (Å²) in [7, 11) is 1.55. The van der Waals surface area contributed by atoms with Crippen molar-refractivity contribution in [3.05, 3.63) is 82.9 Å². The van der Waals surface area contributed by atoms with Crippen molar-refractivity contribution in [2.24, 2.45) is 5.92 Å². The van der Waals surface area contributed by atoms with Crippen LogP contribution in [0.1, 0.15) is 18.5 Å². The Hall–Kier alpha value is -4.65. The van der Waals surface area contributed by atoms with Gasteiger partial charge in [0.25, 0.3) is 0 Å². The zero-order valence-corrected chi connectivity index (χ0v) is 22.7. The van der Waals surface area contributed by atoms with Gasteiger partial charge in [-0.1, -0.05) is 29.3 Å². The van der Waals surface area contributed by atoms with Crippen LogP contribution in [-0.2, 0) is 0 Å². The number of halogens is 2. The number of fused-ring (bicyclic) bond motifs is 1. The summed E-state index contributed by atoms with van der Waals surface area (Å²) in [5, 5.41) is 16.0. The largest absolute Gasteiger partial charge is 0.493 e. The summed E-state index contributed by atoms with van der Waals surface area (Å²) in [5.41, 5.74) is 9.91. The second kappa shape index (κ2) is 10.5. The molecule has 0 bridgehead atoms. The number of rotatable bonds is 7. The third kappa shape index (κ3) is 4.91. The van der Waals surface area contributed by atoms with Crippen molar-refractivity contribution >= 4 is 45.6 Å². The smallest absolute Gasteiger partial charge is 0.169 e. The Bertz CT molecular complexity index is 1840. The average molecular weight is 570 g/mol. The first-order valence-corrected chi connectivity index (χ1v) is 13.1. The van der Waals surface area contributed by atoms with E-state index in [1.165, 1.54) is 6.33 Å². The SMILES string of the molecule is COc1cc(-c2nn(-c3ccnc(C(C#N)=CC4CC4)c3)c3ncnc(N)c23)ccc1Oc1ccc(Cl)c(Cl)c1. The average Bonchev–Trinajstić information content (AvgIpc) is 3.71. The first-order chi connectivity index (χ1) is 19.4. The quantitative estimate of drug-likeness (QED) is 0.210. The molecule has 1 fully saturated rings. The molecule has 3 aromatic heterocycles. The van der Waals surface area contributed by atoms with Crippen LogP contribution in [-0.4, -0.2) is 31.8 Å². The van der Waals surface area contributed by atoms with Crippen molar-refractivity contribution < 1.29 is 9.47 Å². The number of allylic oxidation sites excluding steroid dienone is 2. The number of nitriles is 1. The number of pyridine rings is 1. The second-order valence-electron chi connectivity index (χ2n) is 9.19. The van der Waals surface area contributed by atoms with Gasteiger partial charge in [0, 0.05) is 17.8 Å². The van der Waals surface area contributed by atoms with Crippen LogP contribution in [0.4, 0.5) is 5.82 Å². The van der Waals surface area contributed by atoms with Gasteiger partial charge in [0.05, 0.1) is 39.5 Å². The summed E-state index contributed by atoms with van der Waals surface area (Å²) in [4.78, 5) is 13.1. The van der Waals surface area contributed by atoms with Crippen molar-refractivity contribution in [3.63, 3.8) is 0 Å². The number of aromatic nitrogens is 5. The van der Waals surface area contributed by atoms with Crippen molar-refractivity contribution in [1.29, 1.82) is 5.26 Å². The maximum Gasteiger partial charge on any atom is 0.169 e. The third-order valence-electron chi connectivity index (χ3n) is 6.46. The number of nitrogen functional groups attached to an aromatic ring is 1. The van der Waals surface area contributed by atoms with Gasteiger partial charge in [-0.3, -0.25) is 4.98 Å². The van der Waals surface area contributed by atoms with E-state index in [-0.39, 0.29) is 5.82 Å². The minimum Gasteiger partial charge on any atom is -0.493 e. The van der Waals surface area contributed by atoms with Crippen molar-refractivity contribution in [2.45, 2.75) is 12.8 Å². The van der Waals surface area contributed by atoms with E-state index in [9.17, 15) is 5.26 Å². The Morgan fingerprint density at radius 1 is 1.05 bits per heavy atom. The monoisotopic (exact) mass is 569 g/mol. The summed E-state index contributed by atoms with van der Waals surface area (Å²) in [5.74, 6) is 2.17. The highest BCUT2D eigenvalue weighted by molar-refractivity contribution is 6.42. The van der Waals surface area contributed by atoms with E-state index in [1.807, 2.05) is 18.2 Å². The van der Waals surface area contributed by atoms with Crippen molar-refractivity contribution in [3.8, 4) is 40.3 Å². The lowest BCUT2D eigenvalue weighted by molar-refractivity contribution is 0.379. The summed E-state index contributed by atoms with van der Waals surface area (Å²) >= 11 is 12.2. The van der Waals surface area contributed by atoms with Crippen LogP contribution in [0.25, 0.3) is 33.6 Å². The molecule has 2 aromatic carbocycles. The highest BCUT2D eigenvalue weighted by atomic mass is 35.5. The molecule has 0 radical (unpaired) electrons. The molecule has 2 N–H and O–H groups in total. The number of benzene rings is 2. The minimum atomic E-state index is 0.280. The number of ether oxygens (including phenoxy) is 2. The van der Waals surface area contributed by atoms with Gasteiger partial charge in [-0.2, -0.15) is 10.4 Å². The van der Waals surface area contributed by atoms with Gasteiger partial charge in [-0.25, -0.2) is 14.6 Å². The van der Waals surface area contributed by atoms with E-state index in [0.29, 0.717) is 72.5 Å². The van der Waals surface area contributed by atoms with Crippen LogP contribution in [0.5, 0.6) is 17.2 Å². The third-order valence-corrected chi connectivity index (χ3v) is 7.20. The van der Waals surface area contributed by atoms with Crippen molar-refractivity contribution in [2.75, 3.05) is 12.8 Å². The summed E-state index contributed by atoms with van der Waals surface area (Å²) in [6.45, 7) is 0. The Balaban J connectivity index is 1.43. The van der Waals surface area contributed by atoms with E-state index >= 15 is 0 Å². The molecule has 9 nitrogen and oxygen atoms in total. The van der Waals surface area contributed by atoms with E-state index in [1.54, 1.807) is 54.4 Å².